The van der Waals surface area contributed by atoms with E-state index in [-0.39, 0.29) is 23.1 Å². The molecule has 0 saturated carbocycles. The Balaban J connectivity index is 1.17. The van der Waals surface area contributed by atoms with Gasteiger partial charge in [-0.1, -0.05) is 0 Å². The summed E-state index contributed by atoms with van der Waals surface area (Å²) >= 11 is 0. The Morgan fingerprint density at radius 2 is 1.59 bits per heavy atom. The van der Waals surface area contributed by atoms with Gasteiger partial charge in [-0.3, -0.25) is 14.5 Å². The van der Waals surface area contributed by atoms with Crippen molar-refractivity contribution < 1.29 is 27.5 Å². The number of hydrogen-bond donors (Lipinski definition) is 0. The SMILES string of the molecule is O=C(CN1CCN(S(=O)(=O)c2ccc3c(c2)OCCO3)CC1)c1ccc(N2CCCC2=O)cc1. The Hall–Kier alpha value is -2.95. The van der Waals surface area contributed by atoms with Crippen molar-refractivity contribution >= 4 is 27.4 Å². The third kappa shape index (κ3) is 4.53. The van der Waals surface area contributed by atoms with Crippen LogP contribution in [0.2, 0.25) is 0 Å². The highest BCUT2D eigenvalue weighted by molar-refractivity contribution is 7.89. The number of fused-ring (bicyclic) bond motifs is 1. The summed E-state index contributed by atoms with van der Waals surface area (Å²) in [4.78, 5) is 28.6. The molecule has 0 radical (unpaired) electrons. The third-order valence-electron chi connectivity index (χ3n) is 6.42. The first-order chi connectivity index (χ1) is 16.4. The first-order valence-corrected chi connectivity index (χ1v) is 12.9. The van der Waals surface area contributed by atoms with Gasteiger partial charge < -0.3 is 14.4 Å². The first-order valence-electron chi connectivity index (χ1n) is 11.5. The van der Waals surface area contributed by atoms with Gasteiger partial charge in [-0.2, -0.15) is 4.31 Å². The molecule has 0 atom stereocenters. The van der Waals surface area contributed by atoms with Crippen molar-refractivity contribution in [1.82, 2.24) is 9.21 Å². The molecule has 5 rings (SSSR count). The number of sulfonamides is 1. The molecule has 0 unspecified atom stereocenters. The van der Waals surface area contributed by atoms with E-state index >= 15 is 0 Å². The van der Waals surface area contributed by atoms with E-state index in [1.165, 1.54) is 16.4 Å². The van der Waals surface area contributed by atoms with Crippen LogP contribution in [0.3, 0.4) is 0 Å². The van der Waals surface area contributed by atoms with E-state index in [1.807, 2.05) is 17.0 Å². The molecule has 1 amide bonds. The monoisotopic (exact) mass is 485 g/mol. The number of nitrogens with zero attached hydrogens (tertiary/aromatic N) is 3. The van der Waals surface area contributed by atoms with Crippen molar-refractivity contribution in [3.8, 4) is 11.5 Å². The lowest BCUT2D eigenvalue weighted by Crippen LogP contribution is -2.49. The highest BCUT2D eigenvalue weighted by Gasteiger charge is 2.30. The molecule has 34 heavy (non-hydrogen) atoms. The minimum Gasteiger partial charge on any atom is -0.486 e. The second-order valence-corrected chi connectivity index (χ2v) is 10.5. The van der Waals surface area contributed by atoms with Gasteiger partial charge in [0.1, 0.15) is 13.2 Å². The summed E-state index contributed by atoms with van der Waals surface area (Å²) in [6.45, 7) is 3.32. The highest BCUT2D eigenvalue weighted by atomic mass is 32.2. The number of ketones is 1. The molecule has 0 spiro atoms. The predicted octanol–water partition coefficient (Wildman–Crippen LogP) is 1.77. The lowest BCUT2D eigenvalue weighted by molar-refractivity contribution is -0.117. The van der Waals surface area contributed by atoms with Crippen LogP contribution in [0.5, 0.6) is 11.5 Å². The van der Waals surface area contributed by atoms with Gasteiger partial charge >= 0.3 is 0 Å². The molecule has 9 nitrogen and oxygen atoms in total. The predicted molar refractivity (Wildman–Crippen MR) is 125 cm³/mol. The van der Waals surface area contributed by atoms with Gasteiger partial charge in [0.05, 0.1) is 11.4 Å². The van der Waals surface area contributed by atoms with Crippen LogP contribution in [0.1, 0.15) is 23.2 Å². The number of anilines is 1. The Morgan fingerprint density at radius 1 is 0.882 bits per heavy atom. The summed E-state index contributed by atoms with van der Waals surface area (Å²) in [6.07, 6.45) is 1.42. The molecular weight excluding hydrogens is 458 g/mol. The molecule has 0 bridgehead atoms. The van der Waals surface area contributed by atoms with Crippen LogP contribution in [0, 0.1) is 0 Å². The van der Waals surface area contributed by atoms with Crippen LogP contribution in [-0.2, 0) is 14.8 Å². The van der Waals surface area contributed by atoms with Gasteiger partial charge in [0.25, 0.3) is 0 Å². The zero-order chi connectivity index (χ0) is 23.7. The first kappa shape index (κ1) is 22.8. The average molecular weight is 486 g/mol. The fourth-order valence-corrected chi connectivity index (χ4v) is 5.94. The van der Waals surface area contributed by atoms with Gasteiger partial charge in [-0.15, -0.1) is 0 Å². The normalized spacial score (nSPS) is 19.4. The summed E-state index contributed by atoms with van der Waals surface area (Å²) < 4.78 is 38.6. The molecule has 0 aromatic heterocycles. The Labute approximate surface area is 198 Å². The van der Waals surface area contributed by atoms with Crippen molar-refractivity contribution in [2.24, 2.45) is 0 Å². The quantitative estimate of drug-likeness (QED) is 0.576. The largest absolute Gasteiger partial charge is 0.486 e. The van der Waals surface area contributed by atoms with Crippen molar-refractivity contribution in [3.05, 3.63) is 48.0 Å². The summed E-state index contributed by atoms with van der Waals surface area (Å²) in [5.41, 5.74) is 1.40. The van der Waals surface area contributed by atoms with E-state index in [2.05, 4.69) is 0 Å². The number of carbonyl (C=O) groups is 2. The fourth-order valence-electron chi connectivity index (χ4n) is 4.50. The molecule has 180 valence electrons. The number of Topliss-reactive ketones (excluding diaryl/α,β-unsaturated/α-hetero) is 1. The van der Waals surface area contributed by atoms with Crippen LogP contribution in [0.4, 0.5) is 5.69 Å². The number of carbonyl (C=O) groups excluding carboxylic acids is 2. The lowest BCUT2D eigenvalue weighted by atomic mass is 10.1. The second kappa shape index (κ2) is 9.36. The van der Waals surface area contributed by atoms with E-state index < -0.39 is 10.0 Å². The fraction of sp³-hybridized carbons (Fsp3) is 0.417. The number of rotatable bonds is 6. The summed E-state index contributed by atoms with van der Waals surface area (Å²) in [5, 5.41) is 0. The van der Waals surface area contributed by atoms with E-state index in [0.29, 0.717) is 69.4 Å². The van der Waals surface area contributed by atoms with Gasteiger partial charge in [0.15, 0.2) is 17.3 Å². The van der Waals surface area contributed by atoms with Crippen molar-refractivity contribution in [2.75, 3.05) is 57.4 Å². The molecule has 0 N–H and O–H groups in total. The van der Waals surface area contributed by atoms with Crippen molar-refractivity contribution in [1.29, 1.82) is 0 Å². The molecule has 2 aromatic carbocycles. The molecule has 2 saturated heterocycles. The van der Waals surface area contributed by atoms with E-state index in [0.717, 1.165) is 12.1 Å². The number of ether oxygens (including phenoxy) is 2. The Kier molecular flexibility index (Phi) is 6.28. The molecule has 3 aliphatic rings. The summed E-state index contributed by atoms with van der Waals surface area (Å²) in [7, 11) is -3.66. The van der Waals surface area contributed by atoms with Crippen molar-refractivity contribution in [3.63, 3.8) is 0 Å². The number of amides is 1. The zero-order valence-corrected chi connectivity index (χ0v) is 19.6. The molecule has 0 aliphatic carbocycles. The molecule has 3 heterocycles. The molecule has 2 aromatic rings. The highest BCUT2D eigenvalue weighted by Crippen LogP contribution is 2.33. The summed E-state index contributed by atoms with van der Waals surface area (Å²) in [6, 6.07) is 11.8. The average Bonchev–Trinajstić information content (AvgIpc) is 3.30. The topological polar surface area (TPSA) is 96.5 Å². The number of piperazine rings is 1. The van der Waals surface area contributed by atoms with Crippen LogP contribution in [0.25, 0.3) is 0 Å². The van der Waals surface area contributed by atoms with E-state index in [1.54, 1.807) is 23.1 Å². The number of hydrogen-bond acceptors (Lipinski definition) is 7. The molecule has 10 heteroatoms. The third-order valence-corrected chi connectivity index (χ3v) is 8.32. The molecule has 2 fully saturated rings. The summed E-state index contributed by atoms with van der Waals surface area (Å²) in [5.74, 6) is 1.08. The smallest absolute Gasteiger partial charge is 0.243 e. The maximum Gasteiger partial charge on any atom is 0.243 e. The minimum atomic E-state index is -3.66. The van der Waals surface area contributed by atoms with Crippen LogP contribution in [0.15, 0.2) is 47.4 Å². The van der Waals surface area contributed by atoms with Gasteiger partial charge in [0.2, 0.25) is 15.9 Å². The number of benzene rings is 2. The van der Waals surface area contributed by atoms with Gasteiger partial charge in [-0.25, -0.2) is 8.42 Å². The van der Waals surface area contributed by atoms with Crippen LogP contribution >= 0.6 is 0 Å². The second-order valence-electron chi connectivity index (χ2n) is 8.60. The Bertz CT molecular complexity index is 1190. The lowest BCUT2D eigenvalue weighted by Gasteiger charge is -2.33. The maximum absolute atomic E-state index is 13.1. The Morgan fingerprint density at radius 3 is 2.26 bits per heavy atom. The molecular formula is C24H27N3O6S. The molecule has 3 aliphatic heterocycles. The standard InChI is InChI=1S/C24H27N3O6S/c28-21(18-3-5-19(6-4-18)27-9-1-2-24(27)29)17-25-10-12-26(13-11-25)34(30,31)20-7-8-22-23(16-20)33-15-14-32-22/h3-8,16H,1-2,9-15,17H2. The maximum atomic E-state index is 13.1. The van der Waals surface area contributed by atoms with Crippen molar-refractivity contribution in [2.45, 2.75) is 17.7 Å². The van der Waals surface area contributed by atoms with Gasteiger partial charge in [0, 0.05) is 56.5 Å². The zero-order valence-electron chi connectivity index (χ0n) is 18.8. The minimum absolute atomic E-state index is 0.0255. The van der Waals surface area contributed by atoms with Crippen LogP contribution in [-0.4, -0.2) is 81.8 Å². The van der Waals surface area contributed by atoms with E-state index in [9.17, 15) is 18.0 Å². The van der Waals surface area contributed by atoms with Gasteiger partial charge in [-0.05, 0) is 42.8 Å². The van der Waals surface area contributed by atoms with E-state index in [4.69, 9.17) is 9.47 Å². The van der Waals surface area contributed by atoms with Crippen LogP contribution < -0.4 is 14.4 Å².